The number of amides is 1. The van der Waals surface area contributed by atoms with Crippen LogP contribution in [0.25, 0.3) is 0 Å². The highest BCUT2D eigenvalue weighted by atomic mass is 32.2. The number of hydrogen-bond donors (Lipinski definition) is 3. The second-order valence-electron chi connectivity index (χ2n) is 4.47. The molecule has 0 fully saturated rings. The van der Waals surface area contributed by atoms with E-state index >= 15 is 0 Å². The van der Waals surface area contributed by atoms with E-state index < -0.39 is 0 Å². The summed E-state index contributed by atoms with van der Waals surface area (Å²) in [4.78, 5) is 12.7. The summed E-state index contributed by atoms with van der Waals surface area (Å²) in [6.07, 6.45) is 0. The van der Waals surface area contributed by atoms with Crippen molar-refractivity contribution >= 4 is 35.0 Å². The number of carbonyl (C=O) groups excluding carboxylic acids is 1. The first-order valence-electron chi connectivity index (χ1n) is 6.66. The van der Waals surface area contributed by atoms with Crippen LogP contribution >= 0.6 is 24.0 Å². The molecule has 122 valence electrons. The van der Waals surface area contributed by atoms with Gasteiger partial charge in [-0.1, -0.05) is 0 Å². The molecule has 1 rings (SSSR count). The molecule has 0 aliphatic carbocycles. The minimum absolute atomic E-state index is 0.0653. The Bertz CT molecular complexity index is 483. The molecular formula is C14H21N3O3S2. The van der Waals surface area contributed by atoms with E-state index in [0.717, 1.165) is 10.6 Å². The summed E-state index contributed by atoms with van der Waals surface area (Å²) in [5.74, 6) is 0.914. The van der Waals surface area contributed by atoms with Crippen LogP contribution in [0.1, 0.15) is 6.92 Å². The van der Waals surface area contributed by atoms with Crippen LogP contribution in [0.4, 0.5) is 0 Å². The molecule has 0 saturated heterocycles. The largest absolute Gasteiger partial charge is 0.497 e. The van der Waals surface area contributed by atoms with E-state index in [0.29, 0.717) is 11.7 Å². The predicted molar refractivity (Wildman–Crippen MR) is 92.1 cm³/mol. The summed E-state index contributed by atoms with van der Waals surface area (Å²) < 4.78 is 10.1. The number of hydrazine groups is 1. The van der Waals surface area contributed by atoms with Gasteiger partial charge in [-0.15, -0.1) is 11.8 Å². The zero-order valence-corrected chi connectivity index (χ0v) is 14.5. The van der Waals surface area contributed by atoms with Crippen LogP contribution in [-0.2, 0) is 9.53 Å². The summed E-state index contributed by atoms with van der Waals surface area (Å²) in [5, 5.41) is 3.34. The molecule has 1 aromatic rings. The van der Waals surface area contributed by atoms with Gasteiger partial charge in [0.15, 0.2) is 5.11 Å². The Morgan fingerprint density at radius 1 is 1.27 bits per heavy atom. The Morgan fingerprint density at radius 2 is 1.95 bits per heavy atom. The standard InChI is InChI=1S/C14H21N3O3S2/c1-10(8-19-2)15-14(21)17-16-13(18)9-22-12-6-4-11(20-3)5-7-12/h4-7,10H,8-9H2,1-3H3,(H,16,18)(H2,15,17,21)/t10-/m1/s1. The lowest BCUT2D eigenvalue weighted by Gasteiger charge is -2.16. The molecule has 22 heavy (non-hydrogen) atoms. The number of ether oxygens (including phenoxy) is 2. The van der Waals surface area contributed by atoms with Gasteiger partial charge in [-0.25, -0.2) is 0 Å². The SMILES string of the molecule is COC[C@@H](C)NC(=S)NNC(=O)CSc1ccc(OC)cc1. The Balaban J connectivity index is 2.23. The molecule has 6 nitrogen and oxygen atoms in total. The van der Waals surface area contributed by atoms with E-state index in [9.17, 15) is 4.79 Å². The predicted octanol–water partition coefficient (Wildman–Crippen LogP) is 1.32. The Hall–Kier alpha value is -1.51. The Labute approximate surface area is 140 Å². The molecule has 0 radical (unpaired) electrons. The van der Waals surface area contributed by atoms with Crippen LogP contribution in [0, 0.1) is 0 Å². The zero-order chi connectivity index (χ0) is 16.4. The Kier molecular flexibility index (Phi) is 8.64. The molecule has 0 saturated carbocycles. The van der Waals surface area contributed by atoms with E-state index in [1.54, 1.807) is 14.2 Å². The van der Waals surface area contributed by atoms with Crippen LogP contribution in [0.3, 0.4) is 0 Å². The lowest BCUT2D eigenvalue weighted by molar-refractivity contribution is -0.119. The van der Waals surface area contributed by atoms with Crippen molar-refractivity contribution in [2.45, 2.75) is 17.9 Å². The lowest BCUT2D eigenvalue weighted by Crippen LogP contribution is -2.50. The van der Waals surface area contributed by atoms with Gasteiger partial charge in [-0.05, 0) is 43.4 Å². The fourth-order valence-electron chi connectivity index (χ4n) is 1.53. The normalized spacial score (nSPS) is 11.4. The summed E-state index contributed by atoms with van der Waals surface area (Å²) >= 11 is 6.49. The highest BCUT2D eigenvalue weighted by Crippen LogP contribution is 2.20. The van der Waals surface area contributed by atoms with Gasteiger partial charge in [0.1, 0.15) is 5.75 Å². The maximum Gasteiger partial charge on any atom is 0.248 e. The van der Waals surface area contributed by atoms with Gasteiger partial charge < -0.3 is 14.8 Å². The van der Waals surface area contributed by atoms with E-state index in [4.69, 9.17) is 21.7 Å². The van der Waals surface area contributed by atoms with Crippen LogP contribution in [0.15, 0.2) is 29.2 Å². The van der Waals surface area contributed by atoms with E-state index in [2.05, 4.69) is 16.2 Å². The second-order valence-corrected chi connectivity index (χ2v) is 5.92. The van der Waals surface area contributed by atoms with Crippen molar-refractivity contribution in [3.05, 3.63) is 24.3 Å². The third kappa shape index (κ3) is 7.48. The van der Waals surface area contributed by atoms with Crippen LogP contribution in [-0.4, -0.2) is 43.6 Å². The number of benzene rings is 1. The van der Waals surface area contributed by atoms with Gasteiger partial charge >= 0.3 is 0 Å². The van der Waals surface area contributed by atoms with Gasteiger partial charge in [0.25, 0.3) is 0 Å². The van der Waals surface area contributed by atoms with E-state index in [-0.39, 0.29) is 17.7 Å². The first kappa shape index (κ1) is 18.5. The summed E-state index contributed by atoms with van der Waals surface area (Å²) in [6, 6.07) is 7.59. The number of thiocarbonyl (C=S) groups is 1. The van der Waals surface area contributed by atoms with Crippen LogP contribution in [0.2, 0.25) is 0 Å². The van der Waals surface area contributed by atoms with Crippen molar-refractivity contribution in [1.82, 2.24) is 16.2 Å². The number of carbonyl (C=O) groups is 1. The van der Waals surface area contributed by atoms with Gasteiger partial charge in [0.2, 0.25) is 5.91 Å². The monoisotopic (exact) mass is 343 g/mol. The quantitative estimate of drug-likeness (QED) is 0.392. The van der Waals surface area contributed by atoms with Crippen LogP contribution < -0.4 is 20.9 Å². The first-order valence-corrected chi connectivity index (χ1v) is 8.05. The van der Waals surface area contributed by atoms with Crippen molar-refractivity contribution in [3.63, 3.8) is 0 Å². The molecule has 1 atom stereocenters. The molecule has 0 aromatic heterocycles. The molecular weight excluding hydrogens is 322 g/mol. The summed E-state index contributed by atoms with van der Waals surface area (Å²) in [5.41, 5.74) is 5.20. The second kappa shape index (κ2) is 10.3. The maximum atomic E-state index is 11.7. The smallest absolute Gasteiger partial charge is 0.248 e. The van der Waals surface area contributed by atoms with Crippen molar-refractivity contribution in [2.75, 3.05) is 26.6 Å². The number of methoxy groups -OCH3 is 2. The van der Waals surface area contributed by atoms with Crippen molar-refractivity contribution in [2.24, 2.45) is 0 Å². The average molecular weight is 343 g/mol. The Morgan fingerprint density at radius 3 is 2.55 bits per heavy atom. The fourth-order valence-corrected chi connectivity index (χ4v) is 2.49. The minimum atomic E-state index is -0.163. The molecule has 1 amide bonds. The lowest BCUT2D eigenvalue weighted by atomic mass is 10.3. The third-order valence-corrected chi connectivity index (χ3v) is 3.77. The summed E-state index contributed by atoms with van der Waals surface area (Å²) in [7, 11) is 3.23. The van der Waals surface area contributed by atoms with Gasteiger partial charge in [-0.3, -0.25) is 15.6 Å². The highest BCUT2D eigenvalue weighted by molar-refractivity contribution is 8.00. The molecule has 0 heterocycles. The maximum absolute atomic E-state index is 11.7. The highest BCUT2D eigenvalue weighted by Gasteiger charge is 2.06. The molecule has 1 aromatic carbocycles. The zero-order valence-electron chi connectivity index (χ0n) is 12.8. The first-order chi connectivity index (χ1) is 10.5. The van der Waals surface area contributed by atoms with Crippen molar-refractivity contribution < 1.29 is 14.3 Å². The molecule has 8 heteroatoms. The van der Waals surface area contributed by atoms with Crippen LogP contribution in [0.5, 0.6) is 5.75 Å². The number of hydrogen-bond acceptors (Lipinski definition) is 5. The van der Waals surface area contributed by atoms with Gasteiger partial charge in [0, 0.05) is 18.0 Å². The fraction of sp³-hybridized carbons (Fsp3) is 0.429. The number of thioether (sulfide) groups is 1. The molecule has 0 spiro atoms. The molecule has 0 aliphatic rings. The number of rotatable bonds is 7. The van der Waals surface area contributed by atoms with Gasteiger partial charge in [0.05, 0.1) is 19.5 Å². The van der Waals surface area contributed by atoms with E-state index in [1.807, 2.05) is 31.2 Å². The molecule has 3 N–H and O–H groups in total. The van der Waals surface area contributed by atoms with Crippen molar-refractivity contribution in [3.8, 4) is 5.75 Å². The molecule has 0 aliphatic heterocycles. The summed E-state index contributed by atoms with van der Waals surface area (Å²) in [6.45, 7) is 2.46. The van der Waals surface area contributed by atoms with Gasteiger partial charge in [-0.2, -0.15) is 0 Å². The van der Waals surface area contributed by atoms with E-state index in [1.165, 1.54) is 11.8 Å². The topological polar surface area (TPSA) is 71.6 Å². The minimum Gasteiger partial charge on any atom is -0.497 e. The average Bonchev–Trinajstić information content (AvgIpc) is 2.51. The molecule has 0 bridgehead atoms. The molecule has 0 unspecified atom stereocenters. The third-order valence-electron chi connectivity index (χ3n) is 2.54. The van der Waals surface area contributed by atoms with Crippen molar-refractivity contribution in [1.29, 1.82) is 0 Å². The number of nitrogens with one attached hydrogen (secondary N) is 3.